The fourth-order valence-electron chi connectivity index (χ4n) is 2.70. The largest absolute Gasteiger partial charge is 0.334 e. The SMILES string of the molecule is O=C([C@@H]1CCCN1)N(Cc1cccc(F)c1)C1CC1. The highest BCUT2D eigenvalue weighted by molar-refractivity contribution is 5.82. The molecule has 4 heteroatoms. The number of nitrogens with zero attached hydrogens (tertiary/aromatic N) is 1. The van der Waals surface area contributed by atoms with Crippen molar-refractivity contribution in [3.63, 3.8) is 0 Å². The lowest BCUT2D eigenvalue weighted by Gasteiger charge is -2.25. The van der Waals surface area contributed by atoms with E-state index >= 15 is 0 Å². The molecule has 1 heterocycles. The van der Waals surface area contributed by atoms with Crippen molar-refractivity contribution in [1.29, 1.82) is 0 Å². The van der Waals surface area contributed by atoms with E-state index in [0.717, 1.165) is 37.8 Å². The summed E-state index contributed by atoms with van der Waals surface area (Å²) in [5.41, 5.74) is 0.873. The van der Waals surface area contributed by atoms with Gasteiger partial charge in [-0.3, -0.25) is 4.79 Å². The summed E-state index contributed by atoms with van der Waals surface area (Å²) in [6, 6.07) is 6.87. The third-order valence-electron chi connectivity index (χ3n) is 3.87. The Balaban J connectivity index is 1.72. The van der Waals surface area contributed by atoms with Crippen LogP contribution in [0.15, 0.2) is 24.3 Å². The van der Waals surface area contributed by atoms with Gasteiger partial charge in [0.15, 0.2) is 0 Å². The Morgan fingerprint density at radius 1 is 1.37 bits per heavy atom. The maximum absolute atomic E-state index is 13.2. The zero-order valence-electron chi connectivity index (χ0n) is 10.9. The van der Waals surface area contributed by atoms with Crippen LogP contribution in [-0.4, -0.2) is 29.4 Å². The lowest BCUT2D eigenvalue weighted by molar-refractivity contribution is -0.134. The van der Waals surface area contributed by atoms with Crippen LogP contribution in [0.4, 0.5) is 4.39 Å². The van der Waals surface area contributed by atoms with Crippen molar-refractivity contribution in [2.45, 2.75) is 44.3 Å². The molecule has 1 aromatic rings. The van der Waals surface area contributed by atoms with Crippen molar-refractivity contribution < 1.29 is 9.18 Å². The van der Waals surface area contributed by atoms with Crippen LogP contribution < -0.4 is 5.32 Å². The number of hydrogen-bond acceptors (Lipinski definition) is 2. The summed E-state index contributed by atoms with van der Waals surface area (Å²) in [6.07, 6.45) is 4.14. The summed E-state index contributed by atoms with van der Waals surface area (Å²) in [5, 5.41) is 3.25. The van der Waals surface area contributed by atoms with Gasteiger partial charge in [0.05, 0.1) is 6.04 Å². The number of halogens is 1. The molecule has 0 aromatic heterocycles. The molecule has 1 saturated carbocycles. The number of hydrogen-bond donors (Lipinski definition) is 1. The van der Waals surface area contributed by atoms with E-state index in [2.05, 4.69) is 5.32 Å². The molecule has 1 amide bonds. The maximum Gasteiger partial charge on any atom is 0.240 e. The Hall–Kier alpha value is -1.42. The number of rotatable bonds is 4. The van der Waals surface area contributed by atoms with Gasteiger partial charge >= 0.3 is 0 Å². The van der Waals surface area contributed by atoms with Crippen molar-refractivity contribution in [2.75, 3.05) is 6.54 Å². The molecule has 1 aliphatic heterocycles. The second-order valence-electron chi connectivity index (χ2n) is 5.48. The summed E-state index contributed by atoms with van der Waals surface area (Å²) in [5.74, 6) is -0.0519. The van der Waals surface area contributed by atoms with Crippen molar-refractivity contribution in [3.8, 4) is 0 Å². The molecule has 2 aliphatic rings. The lowest BCUT2D eigenvalue weighted by atomic mass is 10.1. The van der Waals surface area contributed by atoms with Crippen molar-refractivity contribution >= 4 is 5.91 Å². The average molecular weight is 262 g/mol. The van der Waals surface area contributed by atoms with Gasteiger partial charge in [0, 0.05) is 12.6 Å². The van der Waals surface area contributed by atoms with Crippen LogP contribution in [0.1, 0.15) is 31.2 Å². The number of amides is 1. The Bertz CT molecular complexity index is 467. The minimum Gasteiger partial charge on any atom is -0.334 e. The van der Waals surface area contributed by atoms with Crippen molar-refractivity contribution in [2.24, 2.45) is 0 Å². The molecule has 1 aliphatic carbocycles. The minimum atomic E-state index is -0.236. The zero-order valence-corrected chi connectivity index (χ0v) is 10.9. The summed E-state index contributed by atoms with van der Waals surface area (Å²) in [4.78, 5) is 14.4. The molecular formula is C15H19FN2O. The molecule has 1 saturated heterocycles. The van der Waals surface area contributed by atoms with Crippen LogP contribution in [0.5, 0.6) is 0 Å². The molecule has 102 valence electrons. The van der Waals surface area contributed by atoms with Crippen LogP contribution in [0.2, 0.25) is 0 Å². The third kappa shape index (κ3) is 2.95. The first kappa shape index (κ1) is 12.6. The fraction of sp³-hybridized carbons (Fsp3) is 0.533. The van der Waals surface area contributed by atoms with Gasteiger partial charge in [-0.15, -0.1) is 0 Å². The van der Waals surface area contributed by atoms with Gasteiger partial charge in [0.2, 0.25) is 5.91 Å². The van der Waals surface area contributed by atoms with Crippen LogP contribution >= 0.6 is 0 Å². The van der Waals surface area contributed by atoms with Gasteiger partial charge in [-0.1, -0.05) is 12.1 Å². The van der Waals surface area contributed by atoms with Crippen LogP contribution in [0.3, 0.4) is 0 Å². The molecule has 19 heavy (non-hydrogen) atoms. The first-order valence-corrected chi connectivity index (χ1v) is 7.02. The topological polar surface area (TPSA) is 32.3 Å². The van der Waals surface area contributed by atoms with Gasteiger partial charge in [0.1, 0.15) is 5.82 Å². The molecule has 1 N–H and O–H groups in total. The molecule has 2 fully saturated rings. The van der Waals surface area contributed by atoms with E-state index in [1.54, 1.807) is 6.07 Å². The van der Waals surface area contributed by atoms with E-state index < -0.39 is 0 Å². The van der Waals surface area contributed by atoms with Crippen LogP contribution in [0.25, 0.3) is 0 Å². The summed E-state index contributed by atoms with van der Waals surface area (Å²) >= 11 is 0. The highest BCUT2D eigenvalue weighted by atomic mass is 19.1. The van der Waals surface area contributed by atoms with E-state index in [1.165, 1.54) is 12.1 Å². The maximum atomic E-state index is 13.2. The number of carbonyl (C=O) groups excluding carboxylic acids is 1. The summed E-state index contributed by atoms with van der Waals surface area (Å²) in [6.45, 7) is 1.45. The zero-order chi connectivity index (χ0) is 13.2. The van der Waals surface area contributed by atoms with Gasteiger partial charge in [-0.2, -0.15) is 0 Å². The number of nitrogens with one attached hydrogen (secondary N) is 1. The molecule has 3 nitrogen and oxygen atoms in total. The summed E-state index contributed by atoms with van der Waals surface area (Å²) in [7, 11) is 0. The van der Waals surface area contributed by atoms with Gasteiger partial charge in [-0.25, -0.2) is 4.39 Å². The first-order chi connectivity index (χ1) is 9.24. The third-order valence-corrected chi connectivity index (χ3v) is 3.87. The first-order valence-electron chi connectivity index (χ1n) is 7.02. The molecule has 0 bridgehead atoms. The molecule has 1 aromatic carbocycles. The van der Waals surface area contributed by atoms with E-state index in [0.29, 0.717) is 12.6 Å². The van der Waals surface area contributed by atoms with Crippen molar-refractivity contribution in [3.05, 3.63) is 35.6 Å². The Labute approximate surface area is 112 Å². The molecule has 1 atom stereocenters. The fourth-order valence-corrected chi connectivity index (χ4v) is 2.70. The van der Waals surface area contributed by atoms with Crippen LogP contribution in [0, 0.1) is 5.82 Å². The quantitative estimate of drug-likeness (QED) is 0.901. The molecule has 3 rings (SSSR count). The molecule has 0 radical (unpaired) electrons. The lowest BCUT2D eigenvalue weighted by Crippen LogP contribution is -2.44. The molecular weight excluding hydrogens is 243 g/mol. The standard InChI is InChI=1S/C15H19FN2O/c16-12-4-1-3-11(9-12)10-18(13-6-7-13)15(19)14-5-2-8-17-14/h1,3-4,9,13-14,17H,2,5-8,10H2/t14-/m0/s1. The highest BCUT2D eigenvalue weighted by Crippen LogP contribution is 2.29. The van der Waals surface area contributed by atoms with E-state index in [4.69, 9.17) is 0 Å². The minimum absolute atomic E-state index is 0.0332. The Morgan fingerprint density at radius 3 is 2.84 bits per heavy atom. The monoisotopic (exact) mass is 262 g/mol. The van der Waals surface area contributed by atoms with E-state index in [1.807, 2.05) is 11.0 Å². The molecule has 0 unspecified atom stereocenters. The second-order valence-corrected chi connectivity index (χ2v) is 5.48. The average Bonchev–Trinajstić information content (AvgIpc) is 3.09. The van der Waals surface area contributed by atoms with Gasteiger partial charge in [0.25, 0.3) is 0 Å². The predicted octanol–water partition coefficient (Wildman–Crippen LogP) is 2.07. The number of benzene rings is 1. The van der Waals surface area contributed by atoms with E-state index in [9.17, 15) is 9.18 Å². The Morgan fingerprint density at radius 2 is 2.21 bits per heavy atom. The second kappa shape index (κ2) is 5.29. The molecule has 0 spiro atoms. The van der Waals surface area contributed by atoms with Gasteiger partial charge < -0.3 is 10.2 Å². The number of carbonyl (C=O) groups is 1. The normalized spacial score (nSPS) is 22.5. The van der Waals surface area contributed by atoms with E-state index in [-0.39, 0.29) is 17.8 Å². The smallest absolute Gasteiger partial charge is 0.240 e. The van der Waals surface area contributed by atoms with Crippen molar-refractivity contribution in [1.82, 2.24) is 10.2 Å². The highest BCUT2D eigenvalue weighted by Gasteiger charge is 2.36. The predicted molar refractivity (Wildman–Crippen MR) is 71.0 cm³/mol. The van der Waals surface area contributed by atoms with Crippen LogP contribution in [-0.2, 0) is 11.3 Å². The van der Waals surface area contributed by atoms with Gasteiger partial charge in [-0.05, 0) is 49.9 Å². The summed E-state index contributed by atoms with van der Waals surface area (Å²) < 4.78 is 13.2. The Kier molecular flexibility index (Phi) is 3.51.